The molecule has 0 saturated heterocycles. The number of anilines is 2. The number of carbonyl (C=O) groups is 1. The lowest BCUT2D eigenvalue weighted by Crippen LogP contribution is -2.06. The molecule has 2 aromatic rings. The van der Waals surface area contributed by atoms with Crippen LogP contribution < -0.4 is 10.6 Å². The number of nitrogens with zero attached hydrogens (tertiary/aromatic N) is 2. The van der Waals surface area contributed by atoms with Crippen LogP contribution in [0, 0.1) is 0 Å². The van der Waals surface area contributed by atoms with Gasteiger partial charge in [0.25, 0.3) is 0 Å². The van der Waals surface area contributed by atoms with Gasteiger partial charge in [0, 0.05) is 18.7 Å². The predicted octanol–water partition coefficient (Wildman–Crippen LogP) is 2.36. The fourth-order valence-corrected chi connectivity index (χ4v) is 1.93. The van der Waals surface area contributed by atoms with E-state index in [1.807, 2.05) is 6.07 Å². The minimum atomic E-state index is -0.916. The van der Waals surface area contributed by atoms with E-state index in [9.17, 15) is 4.79 Å². The zero-order valence-electron chi connectivity index (χ0n) is 11.4. The topological polar surface area (TPSA) is 87.1 Å². The fourth-order valence-electron chi connectivity index (χ4n) is 1.93. The average molecular weight is 284 g/mol. The Labute approximate surface area is 122 Å². The molecule has 0 amide bonds. The van der Waals surface area contributed by atoms with Crippen LogP contribution in [-0.4, -0.2) is 27.1 Å². The molecule has 0 bridgehead atoms. The minimum Gasteiger partial charge on any atom is -0.478 e. The Morgan fingerprint density at radius 2 is 1.90 bits per heavy atom. The molecule has 1 saturated carbocycles. The van der Waals surface area contributed by atoms with Gasteiger partial charge in [0.1, 0.15) is 18.0 Å². The third-order valence-electron chi connectivity index (χ3n) is 3.27. The van der Waals surface area contributed by atoms with Crippen LogP contribution >= 0.6 is 0 Å². The Balaban J connectivity index is 1.59. The molecule has 0 spiro atoms. The van der Waals surface area contributed by atoms with E-state index in [1.54, 1.807) is 24.3 Å². The number of carboxylic acids is 1. The van der Waals surface area contributed by atoms with Crippen molar-refractivity contribution < 1.29 is 9.90 Å². The molecule has 1 aliphatic carbocycles. The lowest BCUT2D eigenvalue weighted by atomic mass is 10.1. The molecule has 3 rings (SSSR count). The summed E-state index contributed by atoms with van der Waals surface area (Å²) in [5, 5.41) is 15.4. The van der Waals surface area contributed by atoms with Crippen molar-refractivity contribution in [2.45, 2.75) is 25.4 Å². The zero-order chi connectivity index (χ0) is 14.7. The van der Waals surface area contributed by atoms with Gasteiger partial charge in [-0.15, -0.1) is 0 Å². The van der Waals surface area contributed by atoms with Gasteiger partial charge in [-0.3, -0.25) is 0 Å². The van der Waals surface area contributed by atoms with Crippen molar-refractivity contribution in [3.05, 3.63) is 47.8 Å². The lowest BCUT2D eigenvalue weighted by molar-refractivity contribution is 0.0697. The summed E-state index contributed by atoms with van der Waals surface area (Å²) >= 11 is 0. The summed E-state index contributed by atoms with van der Waals surface area (Å²) in [5.41, 5.74) is 1.28. The van der Waals surface area contributed by atoms with E-state index in [-0.39, 0.29) is 5.56 Å². The van der Waals surface area contributed by atoms with Crippen LogP contribution in [0.25, 0.3) is 0 Å². The molecule has 108 valence electrons. The molecule has 0 aliphatic heterocycles. The summed E-state index contributed by atoms with van der Waals surface area (Å²) in [4.78, 5) is 19.1. The number of nitrogens with one attached hydrogen (secondary N) is 2. The maximum Gasteiger partial charge on any atom is 0.335 e. The molecular formula is C15H16N4O2. The van der Waals surface area contributed by atoms with Crippen LogP contribution in [0.5, 0.6) is 0 Å². The highest BCUT2D eigenvalue weighted by Crippen LogP contribution is 2.24. The highest BCUT2D eigenvalue weighted by Gasteiger charge is 2.21. The molecule has 1 fully saturated rings. The maximum atomic E-state index is 10.8. The van der Waals surface area contributed by atoms with Gasteiger partial charge in [0.05, 0.1) is 5.56 Å². The first-order valence-electron chi connectivity index (χ1n) is 6.85. The summed E-state index contributed by atoms with van der Waals surface area (Å²) in [6, 6.07) is 9.21. The second-order valence-electron chi connectivity index (χ2n) is 5.06. The molecular weight excluding hydrogens is 268 g/mol. The van der Waals surface area contributed by atoms with E-state index < -0.39 is 5.97 Å². The van der Waals surface area contributed by atoms with Crippen LogP contribution in [0.4, 0.5) is 11.6 Å². The van der Waals surface area contributed by atoms with Crippen LogP contribution in [0.1, 0.15) is 28.8 Å². The first-order valence-corrected chi connectivity index (χ1v) is 6.85. The molecule has 21 heavy (non-hydrogen) atoms. The summed E-state index contributed by atoms with van der Waals surface area (Å²) in [6.07, 6.45) is 3.92. The van der Waals surface area contributed by atoms with E-state index in [4.69, 9.17) is 5.11 Å². The van der Waals surface area contributed by atoms with Gasteiger partial charge in [-0.25, -0.2) is 14.8 Å². The number of benzene rings is 1. The number of carboxylic acid groups (broad SMARTS) is 1. The van der Waals surface area contributed by atoms with Crippen LogP contribution in [-0.2, 0) is 6.54 Å². The summed E-state index contributed by atoms with van der Waals surface area (Å²) in [6.45, 7) is 0.583. The minimum absolute atomic E-state index is 0.289. The van der Waals surface area contributed by atoms with E-state index >= 15 is 0 Å². The first-order chi connectivity index (χ1) is 10.2. The number of rotatable bonds is 6. The largest absolute Gasteiger partial charge is 0.478 e. The number of aromatic nitrogens is 2. The average Bonchev–Trinajstić information content (AvgIpc) is 3.30. The first kappa shape index (κ1) is 13.4. The van der Waals surface area contributed by atoms with Crippen molar-refractivity contribution in [3.63, 3.8) is 0 Å². The van der Waals surface area contributed by atoms with Gasteiger partial charge >= 0.3 is 5.97 Å². The van der Waals surface area contributed by atoms with E-state index in [0.29, 0.717) is 12.6 Å². The van der Waals surface area contributed by atoms with Crippen molar-refractivity contribution in [2.24, 2.45) is 0 Å². The fraction of sp³-hybridized carbons (Fsp3) is 0.267. The second kappa shape index (κ2) is 5.78. The van der Waals surface area contributed by atoms with Crippen molar-refractivity contribution in [3.8, 4) is 0 Å². The van der Waals surface area contributed by atoms with Gasteiger partial charge < -0.3 is 15.7 Å². The van der Waals surface area contributed by atoms with Crippen LogP contribution in [0.2, 0.25) is 0 Å². The highest BCUT2D eigenvalue weighted by atomic mass is 16.4. The van der Waals surface area contributed by atoms with E-state index in [0.717, 1.165) is 17.2 Å². The Morgan fingerprint density at radius 3 is 2.57 bits per heavy atom. The quantitative estimate of drug-likeness (QED) is 0.755. The van der Waals surface area contributed by atoms with E-state index in [2.05, 4.69) is 20.6 Å². The molecule has 0 radical (unpaired) electrons. The van der Waals surface area contributed by atoms with Crippen LogP contribution in [0.3, 0.4) is 0 Å². The molecule has 3 N–H and O–H groups in total. The second-order valence-corrected chi connectivity index (χ2v) is 5.06. The van der Waals surface area contributed by atoms with Crippen molar-refractivity contribution >= 4 is 17.6 Å². The Bertz CT molecular complexity index is 638. The third-order valence-corrected chi connectivity index (χ3v) is 3.27. The van der Waals surface area contributed by atoms with Gasteiger partial charge in [-0.1, -0.05) is 12.1 Å². The third kappa shape index (κ3) is 3.68. The number of aromatic carboxylic acids is 1. The lowest BCUT2D eigenvalue weighted by Gasteiger charge is -2.08. The molecule has 1 heterocycles. The summed E-state index contributed by atoms with van der Waals surface area (Å²) in [7, 11) is 0. The standard InChI is InChI=1S/C15H16N4O2/c20-15(21)11-3-1-10(2-4-11)8-16-13-7-14(18-9-17-13)19-12-5-6-12/h1-4,7,9,12H,5-6,8H2,(H,20,21)(H2,16,17,18,19). The molecule has 1 aromatic carbocycles. The summed E-state index contributed by atoms with van der Waals surface area (Å²) < 4.78 is 0. The van der Waals surface area contributed by atoms with Gasteiger partial charge in [0.2, 0.25) is 0 Å². The summed E-state index contributed by atoms with van der Waals surface area (Å²) in [5.74, 6) is 0.660. The van der Waals surface area contributed by atoms with Crippen molar-refractivity contribution in [2.75, 3.05) is 10.6 Å². The molecule has 0 atom stereocenters. The van der Waals surface area contributed by atoms with Gasteiger partial charge in [-0.2, -0.15) is 0 Å². The van der Waals surface area contributed by atoms with Crippen LogP contribution in [0.15, 0.2) is 36.7 Å². The molecule has 1 aliphatic rings. The van der Waals surface area contributed by atoms with Gasteiger partial charge in [-0.05, 0) is 30.5 Å². The Kier molecular flexibility index (Phi) is 3.68. The van der Waals surface area contributed by atoms with Crippen molar-refractivity contribution in [1.82, 2.24) is 9.97 Å². The SMILES string of the molecule is O=C(O)c1ccc(CNc2cc(NC3CC3)ncn2)cc1. The Morgan fingerprint density at radius 1 is 1.19 bits per heavy atom. The Hall–Kier alpha value is -2.63. The number of hydrogen-bond donors (Lipinski definition) is 3. The maximum absolute atomic E-state index is 10.8. The molecule has 0 unspecified atom stereocenters. The van der Waals surface area contributed by atoms with E-state index in [1.165, 1.54) is 19.2 Å². The number of hydrogen-bond acceptors (Lipinski definition) is 5. The van der Waals surface area contributed by atoms with Gasteiger partial charge in [0.15, 0.2) is 0 Å². The normalized spacial score (nSPS) is 13.7. The predicted molar refractivity (Wildman–Crippen MR) is 79.4 cm³/mol. The zero-order valence-corrected chi connectivity index (χ0v) is 11.4. The molecule has 1 aromatic heterocycles. The smallest absolute Gasteiger partial charge is 0.335 e. The van der Waals surface area contributed by atoms with Crippen molar-refractivity contribution in [1.29, 1.82) is 0 Å². The monoisotopic (exact) mass is 284 g/mol. The molecule has 6 heteroatoms. The molecule has 6 nitrogen and oxygen atoms in total. The highest BCUT2D eigenvalue weighted by molar-refractivity contribution is 5.87.